The van der Waals surface area contributed by atoms with E-state index < -0.39 is 0 Å². The van der Waals surface area contributed by atoms with Crippen molar-refractivity contribution < 1.29 is 0 Å². The molecule has 1 aliphatic carbocycles. The Morgan fingerprint density at radius 3 is 2.92 bits per heavy atom. The van der Waals surface area contributed by atoms with Crippen molar-refractivity contribution in [2.24, 2.45) is 5.92 Å². The van der Waals surface area contributed by atoms with Crippen LogP contribution in [0, 0.1) is 5.92 Å². The van der Waals surface area contributed by atoms with E-state index in [1.165, 1.54) is 32.1 Å². The van der Waals surface area contributed by atoms with Crippen LogP contribution < -0.4 is 0 Å². The molecule has 0 spiro atoms. The molecule has 0 saturated heterocycles. The summed E-state index contributed by atoms with van der Waals surface area (Å²) in [5, 5.41) is 0. The van der Waals surface area contributed by atoms with Crippen LogP contribution in [0.3, 0.4) is 0 Å². The molecule has 0 aromatic carbocycles. The van der Waals surface area contributed by atoms with E-state index in [9.17, 15) is 0 Å². The van der Waals surface area contributed by atoms with Crippen molar-refractivity contribution in [3.8, 4) is 0 Å². The number of hydrogen-bond donors (Lipinski definition) is 1. The molecule has 2 rings (SSSR count). The molecule has 1 saturated carbocycles. The monoisotopic (exact) mass is 164 g/mol. The molecular weight excluding hydrogens is 148 g/mol. The zero-order valence-electron chi connectivity index (χ0n) is 7.42. The fourth-order valence-electron chi connectivity index (χ4n) is 2.07. The summed E-state index contributed by atoms with van der Waals surface area (Å²) < 4.78 is 0. The number of aromatic nitrogens is 2. The number of imidazole rings is 1. The Labute approximate surface area is 73.4 Å². The van der Waals surface area contributed by atoms with E-state index in [1.807, 2.05) is 12.4 Å². The summed E-state index contributed by atoms with van der Waals surface area (Å²) in [6.07, 6.45) is 12.0. The van der Waals surface area contributed by atoms with Crippen LogP contribution in [0.4, 0.5) is 0 Å². The third kappa shape index (κ3) is 1.87. The summed E-state index contributed by atoms with van der Waals surface area (Å²) in [6, 6.07) is 0. The van der Waals surface area contributed by atoms with Gasteiger partial charge in [-0.05, 0) is 12.3 Å². The van der Waals surface area contributed by atoms with Gasteiger partial charge in [0.05, 0.1) is 0 Å². The molecule has 2 heteroatoms. The zero-order chi connectivity index (χ0) is 8.23. The lowest BCUT2D eigenvalue weighted by atomic mass is 10.0. The highest BCUT2D eigenvalue weighted by Gasteiger charge is 2.14. The molecule has 66 valence electrons. The minimum atomic E-state index is 0.982. The van der Waals surface area contributed by atoms with Crippen LogP contribution in [0.1, 0.15) is 37.9 Å². The van der Waals surface area contributed by atoms with Crippen LogP contribution in [0.2, 0.25) is 0 Å². The summed E-state index contributed by atoms with van der Waals surface area (Å²) in [4.78, 5) is 7.37. The minimum absolute atomic E-state index is 0.982. The van der Waals surface area contributed by atoms with Gasteiger partial charge in [-0.2, -0.15) is 0 Å². The van der Waals surface area contributed by atoms with E-state index in [2.05, 4.69) is 9.97 Å². The molecule has 1 aromatic heterocycles. The van der Waals surface area contributed by atoms with Gasteiger partial charge in [-0.15, -0.1) is 0 Å². The largest absolute Gasteiger partial charge is 0.349 e. The number of rotatable bonds is 3. The summed E-state index contributed by atoms with van der Waals surface area (Å²) in [5.74, 6) is 2.14. The number of H-pyrrole nitrogens is 1. The van der Waals surface area contributed by atoms with E-state index in [-0.39, 0.29) is 0 Å². The summed E-state index contributed by atoms with van der Waals surface area (Å²) in [5.41, 5.74) is 0. The SMILES string of the molecule is c1c[nH]c(CCC2CCCC2)n1. The third-order valence-electron chi connectivity index (χ3n) is 2.82. The number of nitrogens with one attached hydrogen (secondary N) is 1. The Balaban J connectivity index is 1.74. The van der Waals surface area contributed by atoms with Gasteiger partial charge in [-0.3, -0.25) is 0 Å². The molecule has 0 radical (unpaired) electrons. The first-order valence-corrected chi connectivity index (χ1v) is 4.93. The fraction of sp³-hybridized carbons (Fsp3) is 0.700. The van der Waals surface area contributed by atoms with Crippen LogP contribution in [0.5, 0.6) is 0 Å². The van der Waals surface area contributed by atoms with Crippen LogP contribution in [0.25, 0.3) is 0 Å². The smallest absolute Gasteiger partial charge is 0.106 e. The Hall–Kier alpha value is -0.790. The third-order valence-corrected chi connectivity index (χ3v) is 2.82. The maximum absolute atomic E-state index is 4.22. The summed E-state index contributed by atoms with van der Waals surface area (Å²) in [7, 11) is 0. The average Bonchev–Trinajstić information content (AvgIpc) is 2.74. The van der Waals surface area contributed by atoms with Crippen LogP contribution in [-0.4, -0.2) is 9.97 Å². The van der Waals surface area contributed by atoms with E-state index >= 15 is 0 Å². The molecule has 1 aromatic rings. The van der Waals surface area contributed by atoms with E-state index in [0.717, 1.165) is 18.2 Å². The zero-order valence-corrected chi connectivity index (χ0v) is 7.42. The van der Waals surface area contributed by atoms with Crippen molar-refractivity contribution in [2.45, 2.75) is 38.5 Å². The van der Waals surface area contributed by atoms with Crippen molar-refractivity contribution >= 4 is 0 Å². The molecule has 0 amide bonds. The molecule has 0 bridgehead atoms. The lowest BCUT2D eigenvalue weighted by Crippen LogP contribution is -1.97. The van der Waals surface area contributed by atoms with E-state index in [0.29, 0.717) is 0 Å². The highest BCUT2D eigenvalue weighted by molar-refractivity contribution is 4.87. The number of aryl methyl sites for hydroxylation is 1. The lowest BCUT2D eigenvalue weighted by molar-refractivity contribution is 0.498. The van der Waals surface area contributed by atoms with Crippen LogP contribution in [-0.2, 0) is 6.42 Å². The molecule has 1 heterocycles. The van der Waals surface area contributed by atoms with Crippen LogP contribution >= 0.6 is 0 Å². The Kier molecular flexibility index (Phi) is 2.45. The van der Waals surface area contributed by atoms with Crippen molar-refractivity contribution in [3.05, 3.63) is 18.2 Å². The van der Waals surface area contributed by atoms with Crippen LogP contribution in [0.15, 0.2) is 12.4 Å². The summed E-state index contributed by atoms with van der Waals surface area (Å²) in [6.45, 7) is 0. The lowest BCUT2D eigenvalue weighted by Gasteiger charge is -2.05. The fourth-order valence-corrected chi connectivity index (χ4v) is 2.07. The highest BCUT2D eigenvalue weighted by atomic mass is 14.9. The standard InChI is InChI=1S/C10H16N2/c1-2-4-9(3-1)5-6-10-11-7-8-12-10/h7-9H,1-6H2,(H,11,12). The first-order valence-electron chi connectivity index (χ1n) is 4.93. The molecule has 0 atom stereocenters. The molecule has 1 aliphatic rings. The normalized spacial score (nSPS) is 18.7. The molecule has 2 nitrogen and oxygen atoms in total. The number of nitrogens with zero attached hydrogens (tertiary/aromatic N) is 1. The molecule has 0 unspecified atom stereocenters. The van der Waals surface area contributed by atoms with Gasteiger partial charge in [0.15, 0.2) is 0 Å². The Bertz CT molecular complexity index is 210. The number of hydrogen-bond acceptors (Lipinski definition) is 1. The predicted molar refractivity (Wildman–Crippen MR) is 48.9 cm³/mol. The molecule has 0 aliphatic heterocycles. The minimum Gasteiger partial charge on any atom is -0.349 e. The second kappa shape index (κ2) is 3.74. The predicted octanol–water partition coefficient (Wildman–Crippen LogP) is 2.53. The summed E-state index contributed by atoms with van der Waals surface area (Å²) >= 11 is 0. The first-order chi connectivity index (χ1) is 5.95. The van der Waals surface area contributed by atoms with Gasteiger partial charge in [0, 0.05) is 18.8 Å². The first kappa shape index (κ1) is 7.84. The molecule has 1 fully saturated rings. The van der Waals surface area contributed by atoms with Gasteiger partial charge in [0.2, 0.25) is 0 Å². The van der Waals surface area contributed by atoms with Crippen molar-refractivity contribution in [3.63, 3.8) is 0 Å². The maximum atomic E-state index is 4.22. The van der Waals surface area contributed by atoms with Gasteiger partial charge >= 0.3 is 0 Å². The van der Waals surface area contributed by atoms with E-state index in [4.69, 9.17) is 0 Å². The second-order valence-corrected chi connectivity index (χ2v) is 3.73. The van der Waals surface area contributed by atoms with Crippen molar-refractivity contribution in [1.29, 1.82) is 0 Å². The van der Waals surface area contributed by atoms with Gasteiger partial charge in [0.25, 0.3) is 0 Å². The van der Waals surface area contributed by atoms with Gasteiger partial charge in [-0.25, -0.2) is 4.98 Å². The van der Waals surface area contributed by atoms with Gasteiger partial charge < -0.3 is 4.98 Å². The molecular formula is C10H16N2. The second-order valence-electron chi connectivity index (χ2n) is 3.73. The number of aromatic amines is 1. The van der Waals surface area contributed by atoms with Gasteiger partial charge in [-0.1, -0.05) is 25.7 Å². The van der Waals surface area contributed by atoms with E-state index in [1.54, 1.807) is 0 Å². The average molecular weight is 164 g/mol. The van der Waals surface area contributed by atoms with Crippen molar-refractivity contribution in [2.75, 3.05) is 0 Å². The van der Waals surface area contributed by atoms with Crippen molar-refractivity contribution in [1.82, 2.24) is 9.97 Å². The molecule has 12 heavy (non-hydrogen) atoms. The molecule has 1 N–H and O–H groups in total. The highest BCUT2D eigenvalue weighted by Crippen LogP contribution is 2.28. The van der Waals surface area contributed by atoms with Gasteiger partial charge in [0.1, 0.15) is 5.82 Å². The Morgan fingerprint density at radius 1 is 1.42 bits per heavy atom. The maximum Gasteiger partial charge on any atom is 0.106 e. The Morgan fingerprint density at radius 2 is 2.25 bits per heavy atom. The quantitative estimate of drug-likeness (QED) is 0.730. The topological polar surface area (TPSA) is 28.7 Å².